The van der Waals surface area contributed by atoms with Crippen LogP contribution in [0.5, 0.6) is 0 Å². The fourth-order valence-corrected chi connectivity index (χ4v) is 4.90. The summed E-state index contributed by atoms with van der Waals surface area (Å²) in [5, 5.41) is 12.3. The molecule has 27 heavy (non-hydrogen) atoms. The van der Waals surface area contributed by atoms with Gasteiger partial charge in [0.15, 0.2) is 11.6 Å². The molecule has 2 aromatic heterocycles. The van der Waals surface area contributed by atoms with Crippen LogP contribution in [-0.4, -0.2) is 62.8 Å². The highest BCUT2D eigenvalue weighted by molar-refractivity contribution is 7.88. The van der Waals surface area contributed by atoms with Crippen molar-refractivity contribution in [1.82, 2.24) is 29.1 Å². The number of hydrogen-bond acceptors (Lipinski definition) is 7. The molecule has 2 aliphatic heterocycles. The van der Waals surface area contributed by atoms with E-state index < -0.39 is 10.0 Å². The van der Waals surface area contributed by atoms with Crippen LogP contribution in [0.2, 0.25) is 0 Å². The van der Waals surface area contributed by atoms with Gasteiger partial charge in [-0.2, -0.15) is 4.31 Å². The van der Waals surface area contributed by atoms with Crippen molar-refractivity contribution in [1.29, 1.82) is 0 Å². The van der Waals surface area contributed by atoms with Crippen LogP contribution in [0.15, 0.2) is 10.6 Å². The van der Waals surface area contributed by atoms with Gasteiger partial charge in [0.1, 0.15) is 0 Å². The molecule has 1 atom stereocenters. The Hall–Kier alpha value is -2.27. The summed E-state index contributed by atoms with van der Waals surface area (Å²) in [6.45, 7) is 3.56. The van der Waals surface area contributed by atoms with Crippen LogP contribution in [0.25, 0.3) is 0 Å². The molecule has 2 aromatic rings. The van der Waals surface area contributed by atoms with Crippen molar-refractivity contribution in [2.24, 2.45) is 0 Å². The Bertz CT molecular complexity index is 965. The van der Waals surface area contributed by atoms with E-state index >= 15 is 0 Å². The van der Waals surface area contributed by atoms with E-state index in [0.29, 0.717) is 43.5 Å². The first-order chi connectivity index (χ1) is 12.8. The van der Waals surface area contributed by atoms with Crippen molar-refractivity contribution < 1.29 is 17.7 Å². The predicted octanol–water partition coefficient (Wildman–Crippen LogP) is 0.717. The quantitative estimate of drug-likeness (QED) is 0.753. The monoisotopic (exact) mass is 394 g/mol. The summed E-state index contributed by atoms with van der Waals surface area (Å²) in [4.78, 5) is 14.2. The van der Waals surface area contributed by atoms with Crippen LogP contribution in [0, 0.1) is 6.92 Å². The largest absolute Gasteiger partial charge is 0.351 e. The second kappa shape index (κ2) is 6.71. The molecular weight excluding hydrogens is 372 g/mol. The molecule has 2 aliphatic rings. The molecule has 0 N–H and O–H groups in total. The topological polar surface area (TPSA) is 114 Å². The van der Waals surface area contributed by atoms with E-state index in [0.717, 1.165) is 19.3 Å². The number of aromatic nitrogens is 4. The molecule has 0 aromatic carbocycles. The average molecular weight is 394 g/mol. The third-order valence-corrected chi connectivity index (χ3v) is 6.37. The molecule has 0 radical (unpaired) electrons. The number of aryl methyl sites for hydroxylation is 1. The lowest BCUT2D eigenvalue weighted by atomic mass is 10.0. The second-order valence-electron chi connectivity index (χ2n) is 7.07. The van der Waals surface area contributed by atoms with E-state index in [1.165, 1.54) is 10.6 Å². The lowest BCUT2D eigenvalue weighted by molar-refractivity contribution is 0.0662. The summed E-state index contributed by atoms with van der Waals surface area (Å²) < 4.78 is 32.8. The van der Waals surface area contributed by atoms with Gasteiger partial charge in [0.05, 0.1) is 24.5 Å². The third-order valence-electron chi connectivity index (χ3n) is 5.09. The van der Waals surface area contributed by atoms with Crippen molar-refractivity contribution in [2.45, 2.75) is 45.3 Å². The maximum atomic E-state index is 12.6. The normalized spacial score (nSPS) is 21.3. The zero-order chi connectivity index (χ0) is 19.2. The van der Waals surface area contributed by atoms with E-state index in [4.69, 9.17) is 4.52 Å². The summed E-state index contributed by atoms with van der Waals surface area (Å²) >= 11 is 0. The lowest BCUT2D eigenvalue weighted by Crippen LogP contribution is -2.41. The minimum absolute atomic E-state index is 0.205. The number of piperidine rings is 1. The Balaban J connectivity index is 1.57. The zero-order valence-corrected chi connectivity index (χ0v) is 16.1. The maximum Gasteiger partial charge on any atom is 0.292 e. The van der Waals surface area contributed by atoms with Gasteiger partial charge in [-0.15, -0.1) is 10.2 Å². The Morgan fingerprint density at radius 3 is 2.74 bits per heavy atom. The minimum Gasteiger partial charge on any atom is -0.351 e. The van der Waals surface area contributed by atoms with Crippen LogP contribution < -0.4 is 0 Å². The number of rotatable bonds is 3. The smallest absolute Gasteiger partial charge is 0.292 e. The minimum atomic E-state index is -3.32. The van der Waals surface area contributed by atoms with Crippen molar-refractivity contribution >= 4 is 15.9 Å². The Morgan fingerprint density at radius 1 is 1.22 bits per heavy atom. The summed E-state index contributed by atoms with van der Waals surface area (Å²) in [6, 6.07) is 1.31. The van der Waals surface area contributed by atoms with Crippen LogP contribution >= 0.6 is 0 Å². The second-order valence-corrected chi connectivity index (χ2v) is 9.01. The maximum absolute atomic E-state index is 12.6. The fraction of sp³-hybridized carbons (Fsp3) is 0.625. The number of hydrogen-bond donors (Lipinski definition) is 0. The van der Waals surface area contributed by atoms with Gasteiger partial charge in [0.2, 0.25) is 15.8 Å². The first-order valence-electron chi connectivity index (χ1n) is 8.96. The third kappa shape index (κ3) is 3.36. The fourth-order valence-electron chi connectivity index (χ4n) is 3.78. The SMILES string of the molecule is Cc1cc(C(=O)N2CCn3c(nnc3C3CCCCN3S(C)(=O)=O)C2)on1. The summed E-state index contributed by atoms with van der Waals surface area (Å²) in [7, 11) is -3.32. The number of amides is 1. The lowest BCUT2D eigenvalue weighted by Gasteiger charge is -2.34. The molecule has 1 fully saturated rings. The molecule has 1 saturated heterocycles. The Kier molecular flexibility index (Phi) is 4.50. The molecule has 1 unspecified atom stereocenters. The molecule has 4 rings (SSSR count). The van der Waals surface area contributed by atoms with E-state index in [1.54, 1.807) is 17.9 Å². The van der Waals surface area contributed by atoms with E-state index in [9.17, 15) is 13.2 Å². The molecule has 11 heteroatoms. The van der Waals surface area contributed by atoms with Gasteiger partial charge in [-0.05, 0) is 19.8 Å². The highest BCUT2D eigenvalue weighted by Crippen LogP contribution is 2.33. The number of carbonyl (C=O) groups is 1. The molecule has 0 bridgehead atoms. The standard InChI is InChI=1S/C16H22N6O4S/c1-11-9-13(26-19-11)16(23)20-7-8-21-14(10-20)17-18-15(21)12-5-3-4-6-22(12)27(2,24)25/h9,12H,3-8,10H2,1-2H3. The van der Waals surface area contributed by atoms with Crippen LogP contribution in [0.3, 0.4) is 0 Å². The molecule has 1 amide bonds. The van der Waals surface area contributed by atoms with Crippen molar-refractivity contribution in [3.8, 4) is 0 Å². The van der Waals surface area contributed by atoms with Crippen LogP contribution in [-0.2, 0) is 23.1 Å². The highest BCUT2D eigenvalue weighted by atomic mass is 32.2. The van der Waals surface area contributed by atoms with Gasteiger partial charge < -0.3 is 14.0 Å². The average Bonchev–Trinajstić information content (AvgIpc) is 3.26. The molecular formula is C16H22N6O4S. The Labute approximate surface area is 157 Å². The Morgan fingerprint density at radius 2 is 2.04 bits per heavy atom. The van der Waals surface area contributed by atoms with Crippen LogP contribution in [0.4, 0.5) is 0 Å². The van der Waals surface area contributed by atoms with Crippen molar-refractivity contribution in [2.75, 3.05) is 19.3 Å². The van der Waals surface area contributed by atoms with Gasteiger partial charge in [-0.25, -0.2) is 8.42 Å². The van der Waals surface area contributed by atoms with Gasteiger partial charge in [0.25, 0.3) is 5.91 Å². The summed E-state index contributed by atoms with van der Waals surface area (Å²) in [5.74, 6) is 1.29. The highest BCUT2D eigenvalue weighted by Gasteiger charge is 2.36. The number of nitrogens with zero attached hydrogens (tertiary/aromatic N) is 6. The molecule has 10 nitrogen and oxygen atoms in total. The molecule has 4 heterocycles. The summed E-state index contributed by atoms with van der Waals surface area (Å²) in [5.41, 5.74) is 0.652. The number of fused-ring (bicyclic) bond motifs is 1. The van der Waals surface area contributed by atoms with Gasteiger partial charge in [-0.1, -0.05) is 11.6 Å². The first kappa shape index (κ1) is 18.1. The van der Waals surface area contributed by atoms with Gasteiger partial charge in [0, 0.05) is 25.7 Å². The first-order valence-corrected chi connectivity index (χ1v) is 10.8. The molecule has 0 aliphatic carbocycles. The number of sulfonamides is 1. The van der Waals surface area contributed by atoms with E-state index in [1.807, 2.05) is 4.57 Å². The van der Waals surface area contributed by atoms with Gasteiger partial charge >= 0.3 is 0 Å². The van der Waals surface area contributed by atoms with Crippen LogP contribution in [0.1, 0.15) is 53.2 Å². The summed E-state index contributed by atoms with van der Waals surface area (Å²) in [6.07, 6.45) is 3.77. The van der Waals surface area contributed by atoms with Gasteiger partial charge in [-0.3, -0.25) is 4.79 Å². The van der Waals surface area contributed by atoms with Crippen molar-refractivity contribution in [3.05, 3.63) is 29.2 Å². The molecule has 0 spiro atoms. The van der Waals surface area contributed by atoms with E-state index in [-0.39, 0.29) is 17.7 Å². The molecule has 146 valence electrons. The molecule has 0 saturated carbocycles. The van der Waals surface area contributed by atoms with Crippen molar-refractivity contribution in [3.63, 3.8) is 0 Å². The number of carbonyl (C=O) groups excluding carboxylic acids is 1. The van der Waals surface area contributed by atoms with E-state index in [2.05, 4.69) is 15.4 Å². The predicted molar refractivity (Wildman–Crippen MR) is 94.1 cm³/mol. The zero-order valence-electron chi connectivity index (χ0n) is 15.3.